The van der Waals surface area contributed by atoms with E-state index in [1.165, 1.54) is 57.5 Å². The van der Waals surface area contributed by atoms with Crippen molar-refractivity contribution in [3.05, 3.63) is 59.7 Å². The molecule has 0 amide bonds. The summed E-state index contributed by atoms with van der Waals surface area (Å²) in [5.74, 6) is -4.52. The molecular weight excluding hydrogens is 333 g/mol. The Bertz CT molecular complexity index is 682. The van der Waals surface area contributed by atoms with Gasteiger partial charge in [0.25, 0.3) is 5.92 Å². The van der Waals surface area contributed by atoms with E-state index in [0.29, 0.717) is 11.5 Å². The first-order valence-corrected chi connectivity index (χ1v) is 7.71. The number of benzene rings is 2. The minimum Gasteiger partial charge on any atom is -0.497 e. The van der Waals surface area contributed by atoms with Crippen LogP contribution in [0.2, 0.25) is 0 Å². The molecule has 0 radical (unpaired) electrons. The van der Waals surface area contributed by atoms with Gasteiger partial charge in [-0.25, -0.2) is 13.2 Å². The van der Waals surface area contributed by atoms with Crippen molar-refractivity contribution < 1.29 is 27.8 Å². The van der Waals surface area contributed by atoms with Crippen LogP contribution < -0.4 is 9.47 Å². The highest BCUT2D eigenvalue weighted by Gasteiger charge is 2.51. The van der Waals surface area contributed by atoms with Gasteiger partial charge in [-0.3, -0.25) is 0 Å². The molecule has 0 aliphatic rings. The van der Waals surface area contributed by atoms with Crippen molar-refractivity contribution in [1.29, 1.82) is 0 Å². The summed E-state index contributed by atoms with van der Waals surface area (Å²) in [5, 5.41) is 10.9. The van der Waals surface area contributed by atoms with Crippen LogP contribution in [0.4, 0.5) is 13.2 Å². The second kappa shape index (κ2) is 7.35. The standard InChI is InChI=1S/C19H21F3O3/c1-18(23,14-6-10-16(25-3)11-7-14)17(19(21,22)12-20)13-4-8-15(24-2)9-5-13/h4-11,17,23H,12H2,1-3H3. The third-order valence-corrected chi connectivity index (χ3v) is 4.29. The van der Waals surface area contributed by atoms with Gasteiger partial charge in [0.15, 0.2) is 6.67 Å². The summed E-state index contributed by atoms with van der Waals surface area (Å²) in [5.41, 5.74) is -1.65. The van der Waals surface area contributed by atoms with Gasteiger partial charge in [-0.1, -0.05) is 24.3 Å². The zero-order valence-corrected chi connectivity index (χ0v) is 14.3. The van der Waals surface area contributed by atoms with Gasteiger partial charge >= 0.3 is 0 Å². The molecule has 2 aromatic rings. The van der Waals surface area contributed by atoms with Gasteiger partial charge in [0.1, 0.15) is 11.5 Å². The van der Waals surface area contributed by atoms with E-state index in [9.17, 15) is 18.3 Å². The normalized spacial score (nSPS) is 15.3. The van der Waals surface area contributed by atoms with Crippen LogP contribution >= 0.6 is 0 Å². The molecule has 25 heavy (non-hydrogen) atoms. The van der Waals surface area contributed by atoms with Gasteiger partial charge in [0.2, 0.25) is 0 Å². The Morgan fingerprint density at radius 3 is 1.76 bits per heavy atom. The predicted octanol–water partition coefficient (Wildman–Crippen LogP) is 4.30. The summed E-state index contributed by atoms with van der Waals surface area (Å²) in [7, 11) is 2.93. The van der Waals surface area contributed by atoms with E-state index in [0.717, 1.165) is 0 Å². The van der Waals surface area contributed by atoms with Crippen molar-refractivity contribution >= 4 is 0 Å². The van der Waals surface area contributed by atoms with Crippen molar-refractivity contribution in [2.24, 2.45) is 0 Å². The lowest BCUT2D eigenvalue weighted by atomic mass is 9.75. The summed E-state index contributed by atoms with van der Waals surface area (Å²) in [6.07, 6.45) is 0. The predicted molar refractivity (Wildman–Crippen MR) is 89.2 cm³/mol. The fourth-order valence-corrected chi connectivity index (χ4v) is 2.95. The number of hydrogen-bond acceptors (Lipinski definition) is 3. The molecule has 136 valence electrons. The van der Waals surface area contributed by atoms with Crippen LogP contribution in [0.15, 0.2) is 48.5 Å². The van der Waals surface area contributed by atoms with Crippen LogP contribution in [-0.2, 0) is 5.60 Å². The van der Waals surface area contributed by atoms with Crippen LogP contribution in [0.1, 0.15) is 24.0 Å². The highest BCUT2D eigenvalue weighted by Crippen LogP contribution is 2.47. The minimum absolute atomic E-state index is 0.115. The second-order valence-electron chi connectivity index (χ2n) is 5.98. The molecule has 0 saturated heterocycles. The fourth-order valence-electron chi connectivity index (χ4n) is 2.95. The summed E-state index contributed by atoms with van der Waals surface area (Å²) in [4.78, 5) is 0. The maximum Gasteiger partial charge on any atom is 0.285 e. The Morgan fingerprint density at radius 1 is 0.920 bits per heavy atom. The lowest BCUT2D eigenvalue weighted by molar-refractivity contribution is -0.121. The van der Waals surface area contributed by atoms with E-state index in [1.54, 1.807) is 12.1 Å². The molecule has 0 saturated carbocycles. The van der Waals surface area contributed by atoms with E-state index < -0.39 is 24.1 Å². The SMILES string of the molecule is COc1ccc(C(C(F)(F)CF)C(C)(O)c2ccc(OC)cc2)cc1. The maximum atomic E-state index is 14.4. The highest BCUT2D eigenvalue weighted by molar-refractivity contribution is 5.38. The Hall–Kier alpha value is -2.21. The highest BCUT2D eigenvalue weighted by atomic mass is 19.3. The number of ether oxygens (including phenoxy) is 2. The van der Waals surface area contributed by atoms with Gasteiger partial charge in [-0.2, -0.15) is 0 Å². The topological polar surface area (TPSA) is 38.7 Å². The van der Waals surface area contributed by atoms with Crippen molar-refractivity contribution in [3.8, 4) is 11.5 Å². The van der Waals surface area contributed by atoms with Gasteiger partial charge in [-0.05, 0) is 42.3 Å². The fraction of sp³-hybridized carbons (Fsp3) is 0.368. The van der Waals surface area contributed by atoms with Crippen LogP contribution in [0.3, 0.4) is 0 Å². The number of methoxy groups -OCH3 is 2. The molecule has 6 heteroatoms. The van der Waals surface area contributed by atoms with Crippen LogP contribution in [0.25, 0.3) is 0 Å². The molecule has 2 aromatic carbocycles. The first-order chi connectivity index (χ1) is 11.8. The lowest BCUT2D eigenvalue weighted by Gasteiger charge is -2.38. The summed E-state index contributed by atoms with van der Waals surface area (Å²) in [6, 6.07) is 11.9. The van der Waals surface area contributed by atoms with Crippen molar-refractivity contribution in [2.45, 2.75) is 24.4 Å². The molecule has 2 atom stereocenters. The molecule has 0 aromatic heterocycles. The molecule has 2 rings (SSSR count). The number of rotatable bonds is 7. The van der Waals surface area contributed by atoms with Crippen LogP contribution in [-0.4, -0.2) is 31.9 Å². The quantitative estimate of drug-likeness (QED) is 0.806. The number of hydrogen-bond donors (Lipinski definition) is 1. The second-order valence-corrected chi connectivity index (χ2v) is 5.98. The summed E-state index contributed by atoms with van der Waals surface area (Å²) < 4.78 is 52.0. The summed E-state index contributed by atoms with van der Waals surface area (Å²) >= 11 is 0. The third-order valence-electron chi connectivity index (χ3n) is 4.29. The average molecular weight is 354 g/mol. The monoisotopic (exact) mass is 354 g/mol. The van der Waals surface area contributed by atoms with E-state index >= 15 is 0 Å². The molecule has 0 spiro atoms. The Labute approximate surface area is 145 Å². The van der Waals surface area contributed by atoms with E-state index in [1.807, 2.05) is 0 Å². The van der Waals surface area contributed by atoms with Gasteiger partial charge < -0.3 is 14.6 Å². The number of halogens is 3. The average Bonchev–Trinajstić information content (AvgIpc) is 2.62. The van der Waals surface area contributed by atoms with Crippen LogP contribution in [0, 0.1) is 0 Å². The van der Waals surface area contributed by atoms with E-state index in [2.05, 4.69) is 0 Å². The van der Waals surface area contributed by atoms with E-state index in [4.69, 9.17) is 9.47 Å². The number of alkyl halides is 3. The molecule has 0 fully saturated rings. The molecule has 1 N–H and O–H groups in total. The van der Waals surface area contributed by atoms with E-state index in [-0.39, 0.29) is 11.1 Å². The van der Waals surface area contributed by atoms with Gasteiger partial charge in [0, 0.05) is 0 Å². The Kier molecular flexibility index (Phi) is 5.62. The minimum atomic E-state index is -3.75. The first-order valence-electron chi connectivity index (χ1n) is 7.71. The van der Waals surface area contributed by atoms with Crippen molar-refractivity contribution in [2.75, 3.05) is 20.9 Å². The molecule has 2 unspecified atom stereocenters. The lowest BCUT2D eigenvalue weighted by Crippen LogP contribution is -2.43. The van der Waals surface area contributed by atoms with Crippen molar-refractivity contribution in [3.63, 3.8) is 0 Å². The molecule has 0 aliphatic carbocycles. The van der Waals surface area contributed by atoms with Crippen LogP contribution in [0.5, 0.6) is 11.5 Å². The number of aliphatic hydroxyl groups is 1. The molecule has 0 bridgehead atoms. The maximum absolute atomic E-state index is 14.4. The summed E-state index contributed by atoms with van der Waals surface area (Å²) in [6.45, 7) is -0.622. The Balaban J connectivity index is 2.52. The smallest absolute Gasteiger partial charge is 0.285 e. The largest absolute Gasteiger partial charge is 0.497 e. The first kappa shape index (κ1) is 19.1. The Morgan fingerprint density at radius 2 is 1.36 bits per heavy atom. The zero-order chi connectivity index (χ0) is 18.7. The van der Waals surface area contributed by atoms with Gasteiger partial charge in [-0.15, -0.1) is 0 Å². The molecule has 0 heterocycles. The van der Waals surface area contributed by atoms with Crippen molar-refractivity contribution in [1.82, 2.24) is 0 Å². The molecular formula is C19H21F3O3. The third kappa shape index (κ3) is 3.90. The van der Waals surface area contributed by atoms with Gasteiger partial charge in [0.05, 0.1) is 25.7 Å². The molecule has 0 aliphatic heterocycles. The zero-order valence-electron chi connectivity index (χ0n) is 14.3. The molecule has 3 nitrogen and oxygen atoms in total.